The van der Waals surface area contributed by atoms with Gasteiger partial charge in [0.15, 0.2) is 5.96 Å². The molecule has 0 spiro atoms. The third-order valence-electron chi connectivity index (χ3n) is 6.62. The number of hydrogen-bond donors (Lipinski definition) is 2. The summed E-state index contributed by atoms with van der Waals surface area (Å²) in [5, 5.41) is 6.93. The van der Waals surface area contributed by atoms with Gasteiger partial charge in [-0.2, -0.15) is 11.8 Å². The number of nitrogens with one attached hydrogen (secondary N) is 2. The van der Waals surface area contributed by atoms with E-state index in [0.717, 1.165) is 57.9 Å². The van der Waals surface area contributed by atoms with Gasteiger partial charge in [0, 0.05) is 61.9 Å². The van der Waals surface area contributed by atoms with Crippen molar-refractivity contribution in [1.82, 2.24) is 15.5 Å². The lowest BCUT2D eigenvalue weighted by Crippen LogP contribution is -2.45. The van der Waals surface area contributed by atoms with Crippen LogP contribution >= 0.6 is 11.8 Å². The standard InChI is InChI=1S/C24H37N5OS/c1-2-25-24(27-21-11-12-29(18-21)23(30)20-5-3-4-6-20)26-17-19-7-9-22(10-8-19)28-13-15-31-16-14-28/h7-10,20-21H,2-6,11-18H2,1H3,(H2,25,26,27). The van der Waals surface area contributed by atoms with Crippen molar-refractivity contribution in [3.8, 4) is 0 Å². The van der Waals surface area contributed by atoms with Crippen molar-refractivity contribution in [2.45, 2.75) is 51.6 Å². The zero-order chi connectivity index (χ0) is 21.5. The molecule has 1 atom stereocenters. The van der Waals surface area contributed by atoms with Crippen molar-refractivity contribution in [2.24, 2.45) is 10.9 Å². The number of anilines is 1. The van der Waals surface area contributed by atoms with Crippen LogP contribution in [0.25, 0.3) is 0 Å². The molecule has 1 unspecified atom stereocenters. The number of carbonyl (C=O) groups excluding carboxylic acids is 1. The molecule has 1 amide bonds. The normalized spacial score (nSPS) is 22.7. The fourth-order valence-corrected chi connectivity index (χ4v) is 5.73. The van der Waals surface area contributed by atoms with Crippen molar-refractivity contribution in [3.05, 3.63) is 29.8 Å². The molecule has 0 aromatic heterocycles. The molecular weight excluding hydrogens is 406 g/mol. The molecule has 2 saturated heterocycles. The second-order valence-corrected chi connectivity index (χ2v) is 10.1. The molecule has 7 heteroatoms. The molecule has 6 nitrogen and oxygen atoms in total. The van der Waals surface area contributed by atoms with E-state index < -0.39 is 0 Å². The lowest BCUT2D eigenvalue weighted by atomic mass is 10.1. The zero-order valence-electron chi connectivity index (χ0n) is 18.8. The Labute approximate surface area is 191 Å². The SMILES string of the molecule is CCNC(=NCc1ccc(N2CCSCC2)cc1)NC1CCN(C(=O)C2CCCC2)C1. The van der Waals surface area contributed by atoms with Crippen LogP contribution in [0, 0.1) is 5.92 Å². The van der Waals surface area contributed by atoms with Crippen molar-refractivity contribution in [2.75, 3.05) is 49.1 Å². The van der Waals surface area contributed by atoms with E-state index in [2.05, 4.69) is 51.6 Å². The van der Waals surface area contributed by atoms with Crippen LogP contribution in [0.3, 0.4) is 0 Å². The van der Waals surface area contributed by atoms with Crippen LogP contribution < -0.4 is 15.5 Å². The average Bonchev–Trinajstić information content (AvgIpc) is 3.51. The molecule has 0 radical (unpaired) electrons. The Hall–Kier alpha value is -1.89. The maximum Gasteiger partial charge on any atom is 0.225 e. The number of carbonyl (C=O) groups is 1. The van der Waals surface area contributed by atoms with Gasteiger partial charge in [-0.1, -0.05) is 25.0 Å². The monoisotopic (exact) mass is 443 g/mol. The summed E-state index contributed by atoms with van der Waals surface area (Å²) in [5.41, 5.74) is 2.54. The molecule has 4 rings (SSSR count). The van der Waals surface area contributed by atoms with Gasteiger partial charge in [0.25, 0.3) is 0 Å². The first-order chi connectivity index (χ1) is 15.2. The van der Waals surface area contributed by atoms with Gasteiger partial charge in [0.2, 0.25) is 5.91 Å². The van der Waals surface area contributed by atoms with Gasteiger partial charge in [0.1, 0.15) is 0 Å². The van der Waals surface area contributed by atoms with Crippen molar-refractivity contribution in [3.63, 3.8) is 0 Å². The first kappa shape index (κ1) is 22.3. The van der Waals surface area contributed by atoms with E-state index in [-0.39, 0.29) is 12.0 Å². The third-order valence-corrected chi connectivity index (χ3v) is 7.56. The van der Waals surface area contributed by atoms with Gasteiger partial charge in [-0.05, 0) is 43.9 Å². The molecule has 31 heavy (non-hydrogen) atoms. The molecule has 1 saturated carbocycles. The minimum Gasteiger partial charge on any atom is -0.370 e. The van der Waals surface area contributed by atoms with E-state index in [4.69, 9.17) is 4.99 Å². The van der Waals surface area contributed by atoms with Gasteiger partial charge in [-0.15, -0.1) is 0 Å². The molecule has 3 fully saturated rings. The Bertz CT molecular complexity index is 741. The summed E-state index contributed by atoms with van der Waals surface area (Å²) in [6.07, 6.45) is 5.56. The molecule has 2 aliphatic heterocycles. The molecule has 1 aromatic rings. The summed E-state index contributed by atoms with van der Waals surface area (Å²) in [4.78, 5) is 22.0. The highest BCUT2D eigenvalue weighted by Crippen LogP contribution is 2.28. The lowest BCUT2D eigenvalue weighted by molar-refractivity contribution is -0.134. The summed E-state index contributed by atoms with van der Waals surface area (Å²) in [5.74, 6) is 3.92. The van der Waals surface area contributed by atoms with E-state index in [1.807, 2.05) is 11.8 Å². The fourth-order valence-electron chi connectivity index (χ4n) is 4.83. The van der Waals surface area contributed by atoms with Crippen LogP contribution in [-0.2, 0) is 11.3 Å². The highest BCUT2D eigenvalue weighted by molar-refractivity contribution is 7.99. The minimum absolute atomic E-state index is 0.271. The number of benzene rings is 1. The first-order valence-corrected chi connectivity index (χ1v) is 13.1. The Balaban J connectivity index is 1.29. The second kappa shape index (κ2) is 11.1. The predicted octanol–water partition coefficient (Wildman–Crippen LogP) is 3.09. The van der Waals surface area contributed by atoms with Crippen molar-refractivity contribution < 1.29 is 4.79 Å². The lowest BCUT2D eigenvalue weighted by Gasteiger charge is -2.28. The van der Waals surface area contributed by atoms with E-state index in [0.29, 0.717) is 12.5 Å². The van der Waals surface area contributed by atoms with E-state index >= 15 is 0 Å². The van der Waals surface area contributed by atoms with Crippen LogP contribution in [0.15, 0.2) is 29.3 Å². The zero-order valence-corrected chi connectivity index (χ0v) is 19.6. The van der Waals surface area contributed by atoms with E-state index in [1.54, 1.807) is 0 Å². The minimum atomic E-state index is 0.271. The smallest absolute Gasteiger partial charge is 0.225 e. The Morgan fingerprint density at radius 2 is 1.84 bits per heavy atom. The second-order valence-electron chi connectivity index (χ2n) is 8.86. The number of thioether (sulfide) groups is 1. The Morgan fingerprint density at radius 3 is 2.55 bits per heavy atom. The van der Waals surface area contributed by atoms with Crippen LogP contribution in [0.2, 0.25) is 0 Å². The number of aliphatic imine (C=N–C) groups is 1. The fraction of sp³-hybridized carbons (Fsp3) is 0.667. The van der Waals surface area contributed by atoms with Gasteiger partial charge in [-0.25, -0.2) is 4.99 Å². The van der Waals surface area contributed by atoms with Crippen LogP contribution in [0.1, 0.15) is 44.6 Å². The molecule has 0 bridgehead atoms. The van der Waals surface area contributed by atoms with Crippen molar-refractivity contribution in [1.29, 1.82) is 0 Å². The highest BCUT2D eigenvalue weighted by atomic mass is 32.2. The van der Waals surface area contributed by atoms with Gasteiger partial charge < -0.3 is 20.4 Å². The summed E-state index contributed by atoms with van der Waals surface area (Å²) in [6, 6.07) is 9.13. The third kappa shape index (κ3) is 6.09. The largest absolute Gasteiger partial charge is 0.370 e. The number of hydrogen-bond acceptors (Lipinski definition) is 4. The molecule has 2 heterocycles. The van der Waals surface area contributed by atoms with Crippen LogP contribution in [0.5, 0.6) is 0 Å². The topological polar surface area (TPSA) is 60.0 Å². The van der Waals surface area contributed by atoms with Crippen LogP contribution in [-0.4, -0.2) is 67.0 Å². The van der Waals surface area contributed by atoms with Crippen molar-refractivity contribution >= 4 is 29.3 Å². The molecule has 2 N–H and O–H groups in total. The maximum atomic E-state index is 12.7. The van der Waals surface area contributed by atoms with Gasteiger partial charge in [-0.3, -0.25) is 4.79 Å². The quantitative estimate of drug-likeness (QED) is 0.523. The summed E-state index contributed by atoms with van der Waals surface area (Å²) in [7, 11) is 0. The highest BCUT2D eigenvalue weighted by Gasteiger charge is 2.32. The maximum absolute atomic E-state index is 12.7. The molecule has 1 aliphatic carbocycles. The van der Waals surface area contributed by atoms with Gasteiger partial charge >= 0.3 is 0 Å². The first-order valence-electron chi connectivity index (χ1n) is 12.0. The number of likely N-dealkylation sites (tertiary alicyclic amines) is 1. The number of nitrogens with zero attached hydrogens (tertiary/aromatic N) is 3. The molecule has 3 aliphatic rings. The average molecular weight is 444 g/mol. The molecule has 1 aromatic carbocycles. The number of amides is 1. The Kier molecular flexibility index (Phi) is 8.00. The number of guanidine groups is 1. The Morgan fingerprint density at radius 1 is 1.10 bits per heavy atom. The summed E-state index contributed by atoms with van der Waals surface area (Å²) in [6.45, 7) is 7.51. The molecular formula is C24H37N5OS. The number of rotatable bonds is 6. The van der Waals surface area contributed by atoms with E-state index in [9.17, 15) is 4.79 Å². The van der Waals surface area contributed by atoms with E-state index in [1.165, 1.54) is 35.6 Å². The predicted molar refractivity (Wildman–Crippen MR) is 131 cm³/mol. The van der Waals surface area contributed by atoms with Gasteiger partial charge in [0.05, 0.1) is 6.54 Å². The summed E-state index contributed by atoms with van der Waals surface area (Å²) >= 11 is 2.04. The van der Waals surface area contributed by atoms with Crippen LogP contribution in [0.4, 0.5) is 5.69 Å². The molecule has 170 valence electrons. The summed E-state index contributed by atoms with van der Waals surface area (Å²) < 4.78 is 0.